The Bertz CT molecular complexity index is 953. The van der Waals surface area contributed by atoms with Crippen LogP contribution in [0.15, 0.2) is 29.1 Å². The van der Waals surface area contributed by atoms with Crippen molar-refractivity contribution in [3.8, 4) is 0 Å². The van der Waals surface area contributed by atoms with E-state index >= 15 is 0 Å². The molecule has 0 bridgehead atoms. The van der Waals surface area contributed by atoms with Crippen molar-refractivity contribution in [2.45, 2.75) is 52.0 Å². The second-order valence-corrected chi connectivity index (χ2v) is 8.01. The van der Waals surface area contributed by atoms with E-state index in [2.05, 4.69) is 24.1 Å². The number of esters is 1. The Balaban J connectivity index is 1.50. The van der Waals surface area contributed by atoms with E-state index in [0.717, 1.165) is 18.4 Å². The van der Waals surface area contributed by atoms with Crippen molar-refractivity contribution < 1.29 is 14.3 Å². The largest absolute Gasteiger partial charge is 0.456 e. The lowest BCUT2D eigenvalue weighted by Gasteiger charge is -2.34. The molecule has 1 fully saturated rings. The highest BCUT2D eigenvalue weighted by atomic mass is 16.5. The van der Waals surface area contributed by atoms with Crippen molar-refractivity contribution in [3.63, 3.8) is 0 Å². The molecule has 1 heterocycles. The molecule has 1 amide bonds. The van der Waals surface area contributed by atoms with Gasteiger partial charge in [-0.05, 0) is 30.4 Å². The molecule has 2 aromatic rings. The summed E-state index contributed by atoms with van der Waals surface area (Å²) in [4.78, 5) is 40.5. The van der Waals surface area contributed by atoms with E-state index < -0.39 is 5.97 Å². The Morgan fingerprint density at radius 2 is 2.00 bits per heavy atom. The van der Waals surface area contributed by atoms with E-state index in [4.69, 9.17) is 4.74 Å². The minimum absolute atomic E-state index is 0.0583. The van der Waals surface area contributed by atoms with Crippen molar-refractivity contribution in [1.82, 2.24) is 14.9 Å². The van der Waals surface area contributed by atoms with Gasteiger partial charge in [-0.25, -0.2) is 0 Å². The van der Waals surface area contributed by atoms with Crippen LogP contribution in [-0.4, -0.2) is 34.1 Å². The quantitative estimate of drug-likeness (QED) is 0.753. The molecule has 3 atom stereocenters. The number of fused-ring (bicyclic) bond motifs is 1. The molecule has 1 saturated carbocycles. The van der Waals surface area contributed by atoms with Crippen molar-refractivity contribution in [2.75, 3.05) is 6.61 Å². The molecule has 1 N–H and O–H groups in total. The maximum atomic E-state index is 12.2. The first kappa shape index (κ1) is 21.0. The van der Waals surface area contributed by atoms with E-state index in [0.29, 0.717) is 23.0 Å². The number of aryl methyl sites for hydroxylation is 2. The molecular weight excluding hydrogens is 370 g/mol. The molecule has 0 radical (unpaired) electrons. The molecular formula is C22H29N3O4. The number of ether oxygens (including phenoxy) is 1. The van der Waals surface area contributed by atoms with E-state index in [9.17, 15) is 14.4 Å². The first-order chi connectivity index (χ1) is 13.9. The van der Waals surface area contributed by atoms with Crippen LogP contribution in [0.25, 0.3) is 10.9 Å². The molecule has 1 aliphatic rings. The third-order valence-corrected chi connectivity index (χ3v) is 6.08. The van der Waals surface area contributed by atoms with Crippen LogP contribution in [0.2, 0.25) is 0 Å². The van der Waals surface area contributed by atoms with Crippen LogP contribution in [0, 0.1) is 11.8 Å². The van der Waals surface area contributed by atoms with E-state index in [1.165, 1.54) is 6.42 Å². The van der Waals surface area contributed by atoms with Gasteiger partial charge in [0.15, 0.2) is 6.61 Å². The van der Waals surface area contributed by atoms with Crippen molar-refractivity contribution in [3.05, 3.63) is 40.4 Å². The average molecular weight is 399 g/mol. The van der Waals surface area contributed by atoms with Gasteiger partial charge in [-0.3, -0.25) is 14.4 Å². The number of benzene rings is 1. The van der Waals surface area contributed by atoms with Crippen LogP contribution in [0.3, 0.4) is 0 Å². The fourth-order valence-corrected chi connectivity index (χ4v) is 4.03. The van der Waals surface area contributed by atoms with Crippen molar-refractivity contribution >= 4 is 22.8 Å². The van der Waals surface area contributed by atoms with Crippen LogP contribution in [0.5, 0.6) is 0 Å². The van der Waals surface area contributed by atoms with Crippen LogP contribution in [0.4, 0.5) is 0 Å². The topological polar surface area (TPSA) is 90.3 Å². The molecule has 0 unspecified atom stereocenters. The summed E-state index contributed by atoms with van der Waals surface area (Å²) in [6.07, 6.45) is 3.59. The molecule has 0 spiro atoms. The SMILES string of the molecule is C[C@@H]1[C@H](C)CCC[C@H]1NC(=O)COC(=O)CCc1nc(=O)c2ccccc2n1C. The predicted octanol–water partition coefficient (Wildman–Crippen LogP) is 2.35. The lowest BCUT2D eigenvalue weighted by molar-refractivity contribution is -0.148. The number of aromatic nitrogens is 2. The highest BCUT2D eigenvalue weighted by molar-refractivity contribution is 5.81. The summed E-state index contributed by atoms with van der Waals surface area (Å²) >= 11 is 0. The summed E-state index contributed by atoms with van der Waals surface area (Å²) in [5, 5.41) is 3.54. The third-order valence-electron chi connectivity index (χ3n) is 6.08. The van der Waals surface area contributed by atoms with E-state index in [1.54, 1.807) is 12.1 Å². The fraction of sp³-hybridized carbons (Fsp3) is 0.545. The predicted molar refractivity (Wildman–Crippen MR) is 110 cm³/mol. The maximum Gasteiger partial charge on any atom is 0.306 e. The summed E-state index contributed by atoms with van der Waals surface area (Å²) in [5.41, 5.74) is 0.461. The Morgan fingerprint density at radius 3 is 2.79 bits per heavy atom. The van der Waals surface area contributed by atoms with Crippen LogP contribution >= 0.6 is 0 Å². The Morgan fingerprint density at radius 1 is 1.24 bits per heavy atom. The molecule has 1 aromatic heterocycles. The second kappa shape index (κ2) is 9.20. The number of carbonyl (C=O) groups excluding carboxylic acids is 2. The molecule has 156 valence electrons. The van der Waals surface area contributed by atoms with Gasteiger partial charge in [0, 0.05) is 19.5 Å². The minimum Gasteiger partial charge on any atom is -0.456 e. The normalized spacial score (nSPS) is 21.7. The van der Waals surface area contributed by atoms with Crippen molar-refractivity contribution in [1.29, 1.82) is 0 Å². The van der Waals surface area contributed by atoms with Gasteiger partial charge in [0.1, 0.15) is 5.82 Å². The molecule has 29 heavy (non-hydrogen) atoms. The first-order valence-electron chi connectivity index (χ1n) is 10.3. The third kappa shape index (κ3) is 5.02. The van der Waals surface area contributed by atoms with Gasteiger partial charge in [0.25, 0.3) is 11.5 Å². The molecule has 1 aromatic carbocycles. The fourth-order valence-electron chi connectivity index (χ4n) is 4.03. The maximum absolute atomic E-state index is 12.2. The average Bonchev–Trinajstić information content (AvgIpc) is 2.71. The van der Waals surface area contributed by atoms with Gasteiger partial charge in [0.2, 0.25) is 0 Å². The number of para-hydroxylation sites is 1. The van der Waals surface area contributed by atoms with Gasteiger partial charge in [0.05, 0.1) is 17.3 Å². The summed E-state index contributed by atoms with van der Waals surface area (Å²) in [6, 6.07) is 7.36. The molecule has 0 aliphatic heterocycles. The zero-order valence-corrected chi connectivity index (χ0v) is 17.3. The van der Waals surface area contributed by atoms with Crippen LogP contribution in [-0.2, 0) is 27.8 Å². The summed E-state index contributed by atoms with van der Waals surface area (Å²) in [7, 11) is 1.81. The van der Waals surface area contributed by atoms with Gasteiger partial charge in [-0.1, -0.05) is 38.8 Å². The van der Waals surface area contributed by atoms with E-state index in [-0.39, 0.29) is 37.0 Å². The molecule has 7 nitrogen and oxygen atoms in total. The first-order valence-corrected chi connectivity index (χ1v) is 10.3. The molecule has 7 heteroatoms. The highest BCUT2D eigenvalue weighted by Crippen LogP contribution is 2.29. The minimum atomic E-state index is -0.479. The zero-order valence-electron chi connectivity index (χ0n) is 17.3. The number of nitrogens with one attached hydrogen (secondary N) is 1. The summed E-state index contributed by atoms with van der Waals surface area (Å²) in [6.45, 7) is 4.08. The highest BCUT2D eigenvalue weighted by Gasteiger charge is 2.28. The second-order valence-electron chi connectivity index (χ2n) is 8.01. The Labute approximate surface area is 170 Å². The van der Waals surface area contributed by atoms with Crippen LogP contribution < -0.4 is 10.9 Å². The Kier molecular flexibility index (Phi) is 6.67. The smallest absolute Gasteiger partial charge is 0.306 e. The van der Waals surface area contributed by atoms with Crippen LogP contribution in [0.1, 0.15) is 45.4 Å². The van der Waals surface area contributed by atoms with Crippen molar-refractivity contribution in [2.24, 2.45) is 18.9 Å². The monoisotopic (exact) mass is 399 g/mol. The molecule has 1 aliphatic carbocycles. The lowest BCUT2D eigenvalue weighted by Crippen LogP contribution is -2.45. The van der Waals surface area contributed by atoms with Gasteiger partial charge in [-0.15, -0.1) is 0 Å². The lowest BCUT2D eigenvalue weighted by atomic mass is 9.78. The van der Waals surface area contributed by atoms with Gasteiger partial charge >= 0.3 is 5.97 Å². The van der Waals surface area contributed by atoms with E-state index in [1.807, 2.05) is 23.7 Å². The number of carbonyl (C=O) groups is 2. The number of hydrogen-bond donors (Lipinski definition) is 1. The summed E-state index contributed by atoms with van der Waals surface area (Å²) < 4.78 is 6.93. The standard InChI is InChI=1S/C22H29N3O4/c1-14-7-6-9-17(15(14)2)23-20(26)13-29-21(27)12-11-19-24-22(28)16-8-4-5-10-18(16)25(19)3/h4-5,8,10,14-15,17H,6-7,9,11-13H2,1-3H3,(H,23,26)/t14-,15-,17-/m1/s1. The number of rotatable bonds is 6. The zero-order chi connectivity index (χ0) is 21.0. The number of amides is 1. The summed E-state index contributed by atoms with van der Waals surface area (Å²) in [5.74, 6) is 0.773. The molecule has 0 saturated heterocycles. The number of hydrogen-bond acceptors (Lipinski definition) is 5. The Hall–Kier alpha value is -2.70. The van der Waals surface area contributed by atoms with Gasteiger partial charge in [-0.2, -0.15) is 4.98 Å². The molecule has 3 rings (SSSR count). The van der Waals surface area contributed by atoms with Gasteiger partial charge < -0.3 is 14.6 Å². The number of nitrogens with zero attached hydrogens (tertiary/aromatic N) is 2.